The van der Waals surface area contributed by atoms with Crippen LogP contribution in [0.15, 0.2) is 48.5 Å². The van der Waals surface area contributed by atoms with Crippen molar-refractivity contribution < 1.29 is 4.79 Å². The maximum Gasteiger partial charge on any atom is 0.162 e. The number of nitrogens with zero attached hydrogens (tertiary/aromatic N) is 1. The Morgan fingerprint density at radius 1 is 1.20 bits per heavy atom. The fraction of sp³-hybridized carbons (Fsp3) is 0.176. The second kappa shape index (κ2) is 6.53. The Balaban J connectivity index is 2.00. The van der Waals surface area contributed by atoms with Gasteiger partial charge >= 0.3 is 0 Å². The molecular formula is C17H16N2O. The van der Waals surface area contributed by atoms with Crippen molar-refractivity contribution in [2.75, 3.05) is 5.32 Å². The molecule has 0 spiro atoms. The molecule has 0 heterocycles. The van der Waals surface area contributed by atoms with Gasteiger partial charge in [0.05, 0.1) is 11.6 Å². The molecule has 0 saturated carbocycles. The second-order valence-corrected chi connectivity index (χ2v) is 4.52. The first-order chi connectivity index (χ1) is 9.72. The van der Waals surface area contributed by atoms with Crippen molar-refractivity contribution >= 4 is 11.5 Å². The first-order valence-corrected chi connectivity index (χ1v) is 6.59. The summed E-state index contributed by atoms with van der Waals surface area (Å²) >= 11 is 0. The summed E-state index contributed by atoms with van der Waals surface area (Å²) in [5, 5.41) is 12.1. The fourth-order valence-electron chi connectivity index (χ4n) is 1.93. The SMILES string of the molecule is CCC(=O)c1ccc(NCc2cccc(C#N)c2)cc1. The van der Waals surface area contributed by atoms with Crippen LogP contribution in [0.5, 0.6) is 0 Å². The summed E-state index contributed by atoms with van der Waals surface area (Å²) in [6, 6.07) is 17.1. The van der Waals surface area contributed by atoms with Crippen molar-refractivity contribution in [1.29, 1.82) is 5.26 Å². The highest BCUT2D eigenvalue weighted by Crippen LogP contribution is 2.13. The topological polar surface area (TPSA) is 52.9 Å². The number of hydrogen-bond donors (Lipinski definition) is 1. The number of hydrogen-bond acceptors (Lipinski definition) is 3. The summed E-state index contributed by atoms with van der Waals surface area (Å²) in [5.41, 5.74) is 3.41. The minimum Gasteiger partial charge on any atom is -0.381 e. The third-order valence-electron chi connectivity index (χ3n) is 3.08. The number of ketones is 1. The molecule has 0 aliphatic heterocycles. The Morgan fingerprint density at radius 3 is 2.60 bits per heavy atom. The van der Waals surface area contributed by atoms with Gasteiger partial charge in [0.1, 0.15) is 0 Å². The summed E-state index contributed by atoms with van der Waals surface area (Å²) in [6.45, 7) is 2.51. The van der Waals surface area contributed by atoms with Gasteiger partial charge in [-0.05, 0) is 42.0 Å². The molecule has 3 heteroatoms. The van der Waals surface area contributed by atoms with Gasteiger partial charge in [0.15, 0.2) is 5.78 Å². The zero-order chi connectivity index (χ0) is 14.4. The van der Waals surface area contributed by atoms with E-state index in [0.29, 0.717) is 18.5 Å². The van der Waals surface area contributed by atoms with Crippen LogP contribution < -0.4 is 5.32 Å². The fourth-order valence-corrected chi connectivity index (χ4v) is 1.93. The molecule has 3 nitrogen and oxygen atoms in total. The number of rotatable bonds is 5. The number of Topliss-reactive ketones (excluding diaryl/α,β-unsaturated/α-hetero) is 1. The van der Waals surface area contributed by atoms with Gasteiger partial charge in [-0.2, -0.15) is 5.26 Å². The van der Waals surface area contributed by atoms with Crippen LogP contribution in [-0.4, -0.2) is 5.78 Å². The van der Waals surface area contributed by atoms with Gasteiger partial charge in [0.25, 0.3) is 0 Å². The van der Waals surface area contributed by atoms with Crippen molar-refractivity contribution in [3.8, 4) is 6.07 Å². The van der Waals surface area contributed by atoms with E-state index >= 15 is 0 Å². The molecule has 0 aliphatic rings. The average Bonchev–Trinajstić information content (AvgIpc) is 2.53. The maximum absolute atomic E-state index is 11.5. The van der Waals surface area contributed by atoms with Gasteiger partial charge in [-0.15, -0.1) is 0 Å². The normalized spacial score (nSPS) is 9.80. The van der Waals surface area contributed by atoms with Gasteiger partial charge in [-0.25, -0.2) is 0 Å². The van der Waals surface area contributed by atoms with Crippen molar-refractivity contribution in [1.82, 2.24) is 0 Å². The minimum absolute atomic E-state index is 0.151. The van der Waals surface area contributed by atoms with Gasteiger partial charge in [-0.3, -0.25) is 4.79 Å². The highest BCUT2D eigenvalue weighted by atomic mass is 16.1. The molecule has 100 valence electrons. The maximum atomic E-state index is 11.5. The zero-order valence-electron chi connectivity index (χ0n) is 11.4. The molecule has 20 heavy (non-hydrogen) atoms. The van der Waals surface area contributed by atoms with Crippen LogP contribution in [0.4, 0.5) is 5.69 Å². The van der Waals surface area contributed by atoms with Crippen molar-refractivity contribution in [3.63, 3.8) is 0 Å². The molecule has 2 rings (SSSR count). The summed E-state index contributed by atoms with van der Waals surface area (Å²) in [5.74, 6) is 0.151. The van der Waals surface area contributed by atoms with Crippen LogP contribution in [0.3, 0.4) is 0 Å². The number of nitrogens with one attached hydrogen (secondary N) is 1. The lowest BCUT2D eigenvalue weighted by Crippen LogP contribution is -2.01. The lowest BCUT2D eigenvalue weighted by Gasteiger charge is -2.07. The van der Waals surface area contributed by atoms with E-state index in [0.717, 1.165) is 16.8 Å². The predicted molar refractivity (Wildman–Crippen MR) is 79.5 cm³/mol. The quantitative estimate of drug-likeness (QED) is 0.836. The molecule has 0 unspecified atom stereocenters. The predicted octanol–water partition coefficient (Wildman–Crippen LogP) is 3.76. The van der Waals surface area contributed by atoms with E-state index in [9.17, 15) is 4.79 Å². The van der Waals surface area contributed by atoms with E-state index in [1.165, 1.54) is 0 Å². The smallest absolute Gasteiger partial charge is 0.162 e. The molecule has 0 bridgehead atoms. The van der Waals surface area contributed by atoms with Crippen molar-refractivity contribution in [2.45, 2.75) is 19.9 Å². The zero-order valence-corrected chi connectivity index (χ0v) is 11.4. The third kappa shape index (κ3) is 3.46. The second-order valence-electron chi connectivity index (χ2n) is 4.52. The number of benzene rings is 2. The van der Waals surface area contributed by atoms with Crippen LogP contribution in [0, 0.1) is 11.3 Å². The Labute approximate surface area is 118 Å². The highest BCUT2D eigenvalue weighted by Gasteiger charge is 2.02. The number of carbonyl (C=O) groups is 1. The third-order valence-corrected chi connectivity index (χ3v) is 3.08. The van der Waals surface area contributed by atoms with Crippen LogP contribution in [0.25, 0.3) is 0 Å². The number of nitriles is 1. The summed E-state index contributed by atoms with van der Waals surface area (Å²) in [6.07, 6.45) is 0.522. The monoisotopic (exact) mass is 264 g/mol. The molecule has 0 amide bonds. The van der Waals surface area contributed by atoms with E-state index in [4.69, 9.17) is 5.26 Å². The van der Waals surface area contributed by atoms with Crippen LogP contribution in [-0.2, 0) is 6.54 Å². The van der Waals surface area contributed by atoms with Gasteiger partial charge < -0.3 is 5.32 Å². The molecular weight excluding hydrogens is 248 g/mol. The Morgan fingerprint density at radius 2 is 1.95 bits per heavy atom. The number of anilines is 1. The summed E-state index contributed by atoms with van der Waals surface area (Å²) in [4.78, 5) is 11.5. The Bertz CT molecular complexity index is 639. The van der Waals surface area contributed by atoms with E-state index < -0.39 is 0 Å². The molecule has 0 fully saturated rings. The molecule has 2 aromatic rings. The Kier molecular flexibility index (Phi) is 4.52. The largest absolute Gasteiger partial charge is 0.381 e. The van der Waals surface area contributed by atoms with Crippen molar-refractivity contribution in [2.24, 2.45) is 0 Å². The van der Waals surface area contributed by atoms with E-state index in [2.05, 4.69) is 11.4 Å². The van der Waals surface area contributed by atoms with Crippen LogP contribution in [0.1, 0.15) is 34.8 Å². The molecule has 0 atom stereocenters. The minimum atomic E-state index is 0.151. The average molecular weight is 264 g/mol. The first kappa shape index (κ1) is 13.8. The molecule has 0 radical (unpaired) electrons. The molecule has 0 aromatic heterocycles. The van der Waals surface area contributed by atoms with E-state index in [1.54, 1.807) is 6.07 Å². The molecule has 0 saturated heterocycles. The van der Waals surface area contributed by atoms with Gasteiger partial charge in [-0.1, -0.05) is 19.1 Å². The first-order valence-electron chi connectivity index (χ1n) is 6.59. The van der Waals surface area contributed by atoms with Crippen molar-refractivity contribution in [3.05, 3.63) is 65.2 Å². The summed E-state index contributed by atoms with van der Waals surface area (Å²) in [7, 11) is 0. The van der Waals surface area contributed by atoms with Gasteiger partial charge in [0, 0.05) is 24.2 Å². The van der Waals surface area contributed by atoms with Crippen LogP contribution in [0.2, 0.25) is 0 Å². The lowest BCUT2D eigenvalue weighted by atomic mass is 10.1. The highest BCUT2D eigenvalue weighted by molar-refractivity contribution is 5.96. The van der Waals surface area contributed by atoms with E-state index in [-0.39, 0.29) is 5.78 Å². The standard InChI is InChI=1S/C17H16N2O/c1-2-17(20)15-6-8-16(9-7-15)19-12-14-5-3-4-13(10-14)11-18/h3-10,19H,2,12H2,1H3. The van der Waals surface area contributed by atoms with Gasteiger partial charge in [0.2, 0.25) is 0 Å². The lowest BCUT2D eigenvalue weighted by molar-refractivity contribution is 0.0988. The number of carbonyl (C=O) groups excluding carboxylic acids is 1. The molecule has 0 aliphatic carbocycles. The van der Waals surface area contributed by atoms with E-state index in [1.807, 2.05) is 49.4 Å². The molecule has 2 aromatic carbocycles. The Hall–Kier alpha value is -2.60. The van der Waals surface area contributed by atoms with Crippen LogP contribution >= 0.6 is 0 Å². The molecule has 1 N–H and O–H groups in total. The summed E-state index contributed by atoms with van der Waals surface area (Å²) < 4.78 is 0.